The van der Waals surface area contributed by atoms with Gasteiger partial charge in [-0.1, -0.05) is 5.21 Å². The average molecular weight is 352 g/mol. The van der Waals surface area contributed by atoms with Crippen molar-refractivity contribution in [2.75, 3.05) is 20.0 Å². The van der Waals surface area contributed by atoms with Crippen molar-refractivity contribution in [3.63, 3.8) is 0 Å². The molecule has 4 aromatic rings. The molecule has 0 unspecified atom stereocenters. The molecule has 0 radical (unpaired) electrons. The molecule has 2 N–H and O–H groups in total. The third-order valence-electron chi connectivity index (χ3n) is 3.94. The Bertz CT molecular complexity index is 1070. The minimum absolute atomic E-state index is 0.375. The molecule has 10 heteroatoms. The maximum atomic E-state index is 5.93. The Hall–Kier alpha value is -3.69. The van der Waals surface area contributed by atoms with Gasteiger partial charge in [-0.3, -0.25) is 0 Å². The molecule has 132 valence electrons. The highest BCUT2D eigenvalue weighted by atomic mass is 16.5. The second kappa shape index (κ2) is 6.31. The Labute approximate surface area is 148 Å². The molecule has 0 aliphatic heterocycles. The summed E-state index contributed by atoms with van der Waals surface area (Å²) in [7, 11) is 3.18. The van der Waals surface area contributed by atoms with E-state index in [2.05, 4.69) is 25.3 Å². The lowest BCUT2D eigenvalue weighted by molar-refractivity contribution is 0.354. The van der Waals surface area contributed by atoms with Gasteiger partial charge in [-0.2, -0.15) is 0 Å². The smallest absolute Gasteiger partial charge is 0.182 e. The van der Waals surface area contributed by atoms with Crippen molar-refractivity contribution in [1.29, 1.82) is 0 Å². The van der Waals surface area contributed by atoms with Crippen molar-refractivity contribution in [3.8, 4) is 17.2 Å². The first-order valence-electron chi connectivity index (χ1n) is 7.74. The Morgan fingerprint density at radius 1 is 1.08 bits per heavy atom. The largest absolute Gasteiger partial charge is 0.493 e. The van der Waals surface area contributed by atoms with E-state index in [1.165, 1.54) is 6.33 Å². The molecule has 0 atom stereocenters. The number of rotatable bonds is 5. The lowest BCUT2D eigenvalue weighted by Gasteiger charge is -2.09. The number of anilines is 1. The first-order chi connectivity index (χ1) is 12.7. The van der Waals surface area contributed by atoms with E-state index in [0.717, 1.165) is 11.4 Å². The number of ether oxygens (including phenoxy) is 2. The van der Waals surface area contributed by atoms with Gasteiger partial charge in [0, 0.05) is 6.07 Å². The molecule has 0 saturated heterocycles. The number of fused-ring (bicyclic) bond motifs is 1. The summed E-state index contributed by atoms with van der Waals surface area (Å²) in [6.07, 6.45) is 4.88. The van der Waals surface area contributed by atoms with E-state index in [-0.39, 0.29) is 0 Å². The van der Waals surface area contributed by atoms with Gasteiger partial charge in [0.1, 0.15) is 17.5 Å². The van der Waals surface area contributed by atoms with E-state index in [0.29, 0.717) is 35.0 Å². The van der Waals surface area contributed by atoms with Gasteiger partial charge in [0.25, 0.3) is 0 Å². The first kappa shape index (κ1) is 15.8. The fourth-order valence-corrected chi connectivity index (χ4v) is 2.69. The zero-order valence-corrected chi connectivity index (χ0v) is 14.2. The maximum absolute atomic E-state index is 5.93. The van der Waals surface area contributed by atoms with E-state index >= 15 is 0 Å². The number of hydrogen-bond acceptors (Lipinski definition) is 8. The van der Waals surface area contributed by atoms with E-state index in [9.17, 15) is 0 Å². The fraction of sp³-hybridized carbons (Fsp3) is 0.188. The third-order valence-corrected chi connectivity index (χ3v) is 3.94. The number of imidazole rings is 1. The van der Waals surface area contributed by atoms with Crippen LogP contribution < -0.4 is 15.2 Å². The summed E-state index contributed by atoms with van der Waals surface area (Å²) < 4.78 is 14.1. The highest BCUT2D eigenvalue weighted by molar-refractivity contribution is 5.81. The topological polar surface area (TPSA) is 119 Å². The van der Waals surface area contributed by atoms with Gasteiger partial charge in [0.05, 0.1) is 39.0 Å². The number of nitrogens with zero attached hydrogens (tertiary/aromatic N) is 7. The van der Waals surface area contributed by atoms with Crippen LogP contribution in [0.4, 0.5) is 5.82 Å². The van der Waals surface area contributed by atoms with Crippen LogP contribution in [-0.2, 0) is 6.54 Å². The molecule has 1 aromatic carbocycles. The average Bonchev–Trinajstić information content (AvgIpc) is 3.29. The molecule has 0 fully saturated rings. The van der Waals surface area contributed by atoms with Crippen LogP contribution in [0.2, 0.25) is 0 Å². The normalized spacial score (nSPS) is 11.0. The third kappa shape index (κ3) is 2.66. The van der Waals surface area contributed by atoms with E-state index in [4.69, 9.17) is 15.2 Å². The Morgan fingerprint density at radius 3 is 2.73 bits per heavy atom. The van der Waals surface area contributed by atoms with Crippen molar-refractivity contribution in [3.05, 3.63) is 42.7 Å². The summed E-state index contributed by atoms with van der Waals surface area (Å²) in [5, 5.41) is 8.39. The monoisotopic (exact) mass is 352 g/mol. The molecule has 0 bridgehead atoms. The number of nitrogen functional groups attached to an aromatic ring is 1. The van der Waals surface area contributed by atoms with Crippen molar-refractivity contribution >= 4 is 17.0 Å². The van der Waals surface area contributed by atoms with Crippen molar-refractivity contribution in [2.24, 2.45) is 0 Å². The second-order valence-electron chi connectivity index (χ2n) is 5.50. The molecule has 26 heavy (non-hydrogen) atoms. The summed E-state index contributed by atoms with van der Waals surface area (Å²) in [5.74, 6) is 1.64. The van der Waals surface area contributed by atoms with Crippen LogP contribution in [0.15, 0.2) is 37.1 Å². The summed E-state index contributed by atoms with van der Waals surface area (Å²) in [6, 6.07) is 5.52. The van der Waals surface area contributed by atoms with Gasteiger partial charge in [0.15, 0.2) is 23.0 Å². The van der Waals surface area contributed by atoms with Gasteiger partial charge >= 0.3 is 0 Å². The van der Waals surface area contributed by atoms with E-state index in [1.54, 1.807) is 25.2 Å². The van der Waals surface area contributed by atoms with Gasteiger partial charge in [-0.25, -0.2) is 19.6 Å². The zero-order valence-electron chi connectivity index (χ0n) is 14.2. The van der Waals surface area contributed by atoms with Crippen LogP contribution in [0.3, 0.4) is 0 Å². The second-order valence-corrected chi connectivity index (χ2v) is 5.50. The van der Waals surface area contributed by atoms with Gasteiger partial charge < -0.3 is 19.8 Å². The molecule has 10 nitrogen and oxygen atoms in total. The lowest BCUT2D eigenvalue weighted by Crippen LogP contribution is -2.02. The van der Waals surface area contributed by atoms with Crippen LogP contribution >= 0.6 is 0 Å². The Morgan fingerprint density at radius 2 is 1.92 bits per heavy atom. The Kier molecular flexibility index (Phi) is 3.84. The molecule has 0 saturated carbocycles. The van der Waals surface area contributed by atoms with Crippen molar-refractivity contribution in [1.82, 2.24) is 34.5 Å². The Balaban J connectivity index is 1.64. The predicted octanol–water partition coefficient (Wildman–Crippen LogP) is 1.05. The highest BCUT2D eigenvalue weighted by Crippen LogP contribution is 2.28. The first-order valence-corrected chi connectivity index (χ1v) is 7.74. The van der Waals surface area contributed by atoms with Gasteiger partial charge in [-0.15, -0.1) is 5.10 Å². The van der Waals surface area contributed by atoms with Crippen LogP contribution in [0.5, 0.6) is 11.5 Å². The summed E-state index contributed by atoms with van der Waals surface area (Å²) in [5.41, 5.74) is 8.70. The maximum Gasteiger partial charge on any atom is 0.182 e. The summed E-state index contributed by atoms with van der Waals surface area (Å²) in [6.45, 7) is 0.446. The number of hydrogen-bond donors (Lipinski definition) is 1. The quantitative estimate of drug-likeness (QED) is 0.566. The van der Waals surface area contributed by atoms with E-state index < -0.39 is 0 Å². The molecule has 0 amide bonds. The van der Waals surface area contributed by atoms with Crippen LogP contribution in [-0.4, -0.2) is 48.7 Å². The molecule has 3 heterocycles. The van der Waals surface area contributed by atoms with Crippen molar-refractivity contribution < 1.29 is 9.47 Å². The number of aromatic nitrogens is 7. The molecular formula is C16H16N8O2. The minimum atomic E-state index is 0.375. The number of benzene rings is 1. The summed E-state index contributed by atoms with van der Waals surface area (Å²) >= 11 is 0. The fourth-order valence-electron chi connectivity index (χ4n) is 2.69. The molecule has 0 spiro atoms. The molecule has 4 rings (SSSR count). The zero-order chi connectivity index (χ0) is 18.1. The van der Waals surface area contributed by atoms with E-state index in [1.807, 2.05) is 29.0 Å². The van der Waals surface area contributed by atoms with Gasteiger partial charge in [-0.05, 0) is 12.1 Å². The summed E-state index contributed by atoms with van der Waals surface area (Å²) in [4.78, 5) is 12.3. The molecule has 3 aromatic heterocycles. The van der Waals surface area contributed by atoms with Gasteiger partial charge in [0.2, 0.25) is 0 Å². The lowest BCUT2D eigenvalue weighted by atomic mass is 10.3. The number of methoxy groups -OCH3 is 2. The minimum Gasteiger partial charge on any atom is -0.493 e. The standard InChI is InChI=1S/C16H16N8O2/c1-25-12-4-3-11(5-13(12)26-2)24-7-10(21-22-24)6-23-9-20-16-14(23)15(17)18-8-19-16/h3-5,7-9H,6H2,1-2H3,(H2,17,18,19). The number of nitrogens with two attached hydrogens (primary N) is 1. The molecule has 0 aliphatic carbocycles. The van der Waals surface area contributed by atoms with Crippen LogP contribution in [0, 0.1) is 0 Å². The van der Waals surface area contributed by atoms with Crippen LogP contribution in [0.1, 0.15) is 5.69 Å². The predicted molar refractivity (Wildman–Crippen MR) is 93.3 cm³/mol. The molecule has 0 aliphatic rings. The SMILES string of the molecule is COc1ccc(-n2cc(Cn3cnc4ncnc(N)c43)nn2)cc1OC. The van der Waals surface area contributed by atoms with Crippen LogP contribution in [0.25, 0.3) is 16.9 Å². The molecular weight excluding hydrogens is 336 g/mol. The van der Waals surface area contributed by atoms with Crippen molar-refractivity contribution in [2.45, 2.75) is 6.54 Å². The highest BCUT2D eigenvalue weighted by Gasteiger charge is 2.12.